The van der Waals surface area contributed by atoms with Crippen molar-refractivity contribution in [2.45, 2.75) is 121 Å². The molecule has 2 spiro atoms. The molecule has 2 unspecified atom stereocenters. The van der Waals surface area contributed by atoms with Crippen molar-refractivity contribution in [3.05, 3.63) is 63.0 Å². The summed E-state index contributed by atoms with van der Waals surface area (Å²) in [5.74, 6) is -2.22. The SMILES string of the molecule is CC(C)c1nc2c(c3c1C(O)(c1ccc(C(F)(F)F)c(C#N)c1)OC31CCOCC1)C(O[Si](C)(C)C(C)(C)C)CC1(CC1)C2. The molecule has 4 aliphatic rings. The Morgan fingerprint density at radius 1 is 1.09 bits per heavy atom. The van der Waals surface area contributed by atoms with Gasteiger partial charge >= 0.3 is 6.18 Å². The van der Waals surface area contributed by atoms with E-state index >= 15 is 0 Å². The molecule has 1 aromatic heterocycles. The van der Waals surface area contributed by atoms with Gasteiger partial charge in [0.1, 0.15) is 5.60 Å². The van der Waals surface area contributed by atoms with Crippen LogP contribution in [0.4, 0.5) is 13.2 Å². The molecule has 2 atom stereocenters. The van der Waals surface area contributed by atoms with Crippen LogP contribution in [0.3, 0.4) is 0 Å². The van der Waals surface area contributed by atoms with E-state index in [-0.39, 0.29) is 28.0 Å². The van der Waals surface area contributed by atoms with Gasteiger partial charge < -0.3 is 19.0 Å². The third kappa shape index (κ3) is 4.94. The molecule has 3 heterocycles. The van der Waals surface area contributed by atoms with E-state index in [0.717, 1.165) is 54.6 Å². The van der Waals surface area contributed by atoms with Crippen molar-refractivity contribution < 1.29 is 32.2 Å². The van der Waals surface area contributed by atoms with Crippen LogP contribution < -0.4 is 0 Å². The number of nitriles is 1. The molecule has 2 fully saturated rings. The largest absolute Gasteiger partial charge is 0.417 e. The Hall–Kier alpha value is -2.29. The molecule has 6 nitrogen and oxygen atoms in total. The Kier molecular flexibility index (Phi) is 7.27. The molecule has 1 saturated heterocycles. The van der Waals surface area contributed by atoms with E-state index < -0.39 is 37.0 Å². The highest BCUT2D eigenvalue weighted by atomic mass is 28.4. The minimum atomic E-state index is -4.71. The van der Waals surface area contributed by atoms with Crippen LogP contribution in [0.25, 0.3) is 0 Å². The second-order valence-electron chi connectivity index (χ2n) is 15.2. The van der Waals surface area contributed by atoms with Crippen LogP contribution in [-0.4, -0.2) is 31.6 Å². The summed E-state index contributed by atoms with van der Waals surface area (Å²) in [5.41, 5.74) is 1.70. The van der Waals surface area contributed by atoms with Crippen LogP contribution >= 0.6 is 0 Å². The van der Waals surface area contributed by atoms with Gasteiger partial charge in [-0.15, -0.1) is 0 Å². The van der Waals surface area contributed by atoms with Crippen molar-refractivity contribution in [1.82, 2.24) is 4.98 Å². The first-order valence-corrected chi connectivity index (χ1v) is 18.6. The summed E-state index contributed by atoms with van der Waals surface area (Å²) in [5, 5.41) is 22.4. The average Bonchev–Trinajstić information content (AvgIpc) is 3.62. The third-order valence-corrected chi connectivity index (χ3v) is 15.3. The minimum Gasteiger partial charge on any atom is -0.410 e. The van der Waals surface area contributed by atoms with Gasteiger partial charge in [0.15, 0.2) is 8.32 Å². The Morgan fingerprint density at radius 2 is 1.75 bits per heavy atom. The second-order valence-corrected chi connectivity index (χ2v) is 20.0. The van der Waals surface area contributed by atoms with Crippen molar-refractivity contribution in [2.24, 2.45) is 5.41 Å². The fraction of sp³-hybridized carbons (Fsp3) is 0.647. The zero-order valence-electron chi connectivity index (χ0n) is 26.7. The first kappa shape index (κ1) is 31.7. The summed E-state index contributed by atoms with van der Waals surface area (Å²) in [6.45, 7) is 16.0. The van der Waals surface area contributed by atoms with Crippen molar-refractivity contribution in [3.63, 3.8) is 0 Å². The predicted octanol–water partition coefficient (Wildman–Crippen LogP) is 8.11. The van der Waals surface area contributed by atoms with Crippen LogP contribution in [0.15, 0.2) is 18.2 Å². The fourth-order valence-corrected chi connectivity index (χ4v) is 8.50. The Bertz CT molecular complexity index is 1530. The third-order valence-electron chi connectivity index (χ3n) is 10.8. The molecular weight excluding hydrogens is 585 g/mol. The number of fused-ring (bicyclic) bond motifs is 4. The van der Waals surface area contributed by atoms with E-state index in [2.05, 4.69) is 33.9 Å². The average molecular weight is 629 g/mol. The summed E-state index contributed by atoms with van der Waals surface area (Å²) in [6, 6.07) is 4.91. The number of rotatable bonds is 4. The molecule has 0 bridgehead atoms. The maximum absolute atomic E-state index is 13.8. The monoisotopic (exact) mass is 628 g/mol. The van der Waals surface area contributed by atoms with Gasteiger partial charge in [-0.3, -0.25) is 4.98 Å². The number of aromatic nitrogens is 1. The lowest BCUT2D eigenvalue weighted by Gasteiger charge is -2.44. The van der Waals surface area contributed by atoms with Crippen molar-refractivity contribution in [2.75, 3.05) is 13.2 Å². The highest BCUT2D eigenvalue weighted by Gasteiger charge is 2.61. The van der Waals surface area contributed by atoms with Gasteiger partial charge in [0, 0.05) is 54.0 Å². The predicted molar refractivity (Wildman–Crippen MR) is 161 cm³/mol. The van der Waals surface area contributed by atoms with Crippen molar-refractivity contribution in [3.8, 4) is 6.07 Å². The number of ether oxygens (including phenoxy) is 2. The molecule has 1 N–H and O–H groups in total. The van der Waals surface area contributed by atoms with Gasteiger partial charge in [-0.05, 0) is 67.3 Å². The molecule has 0 radical (unpaired) electrons. The minimum absolute atomic E-state index is 0.0304. The van der Waals surface area contributed by atoms with E-state index in [1.165, 1.54) is 6.07 Å². The molecule has 1 aromatic carbocycles. The molecule has 238 valence electrons. The zero-order valence-corrected chi connectivity index (χ0v) is 27.7. The zero-order chi connectivity index (χ0) is 32.1. The Morgan fingerprint density at radius 3 is 2.30 bits per heavy atom. The topological polar surface area (TPSA) is 84.6 Å². The Labute approximate surface area is 259 Å². The molecule has 10 heteroatoms. The van der Waals surface area contributed by atoms with Gasteiger partial charge in [0.2, 0.25) is 5.79 Å². The maximum atomic E-state index is 13.8. The number of nitrogens with zero attached hydrogens (tertiary/aromatic N) is 2. The fourth-order valence-electron chi connectivity index (χ4n) is 7.23. The molecule has 2 aliphatic heterocycles. The lowest BCUT2D eigenvalue weighted by Crippen LogP contribution is -2.44. The van der Waals surface area contributed by atoms with Gasteiger partial charge in [0.25, 0.3) is 0 Å². The van der Waals surface area contributed by atoms with E-state index in [1.807, 2.05) is 13.8 Å². The maximum Gasteiger partial charge on any atom is 0.417 e. The molecule has 1 saturated carbocycles. The Balaban J connectivity index is 1.64. The van der Waals surface area contributed by atoms with E-state index in [9.17, 15) is 23.5 Å². The van der Waals surface area contributed by atoms with E-state index in [4.69, 9.17) is 18.9 Å². The summed E-state index contributed by atoms with van der Waals surface area (Å²) < 4.78 is 61.2. The van der Waals surface area contributed by atoms with E-state index in [1.54, 1.807) is 6.07 Å². The molecule has 2 aliphatic carbocycles. The quantitative estimate of drug-likeness (QED) is 0.345. The highest BCUT2D eigenvalue weighted by molar-refractivity contribution is 6.74. The van der Waals surface area contributed by atoms with Crippen LogP contribution in [0.2, 0.25) is 18.1 Å². The smallest absolute Gasteiger partial charge is 0.410 e. The number of aliphatic hydroxyl groups is 1. The molecular formula is C34H43F3N2O4Si. The lowest BCUT2D eigenvalue weighted by atomic mass is 9.72. The van der Waals surface area contributed by atoms with Crippen molar-refractivity contribution >= 4 is 8.32 Å². The normalized spacial score (nSPS) is 25.7. The molecule has 2 aromatic rings. The van der Waals surface area contributed by atoms with Crippen LogP contribution in [0.1, 0.15) is 124 Å². The first-order valence-electron chi connectivity index (χ1n) is 15.7. The van der Waals surface area contributed by atoms with Crippen LogP contribution in [-0.2, 0) is 37.9 Å². The number of hydrogen-bond donors (Lipinski definition) is 1. The van der Waals surface area contributed by atoms with Crippen LogP contribution in [0, 0.1) is 16.7 Å². The number of benzene rings is 1. The van der Waals surface area contributed by atoms with Crippen LogP contribution in [0.5, 0.6) is 0 Å². The summed E-state index contributed by atoms with van der Waals surface area (Å²) >= 11 is 0. The lowest BCUT2D eigenvalue weighted by molar-refractivity contribution is -0.251. The number of hydrogen-bond acceptors (Lipinski definition) is 6. The summed E-state index contributed by atoms with van der Waals surface area (Å²) in [6.07, 6.45) is -0.0534. The number of alkyl halides is 3. The highest BCUT2D eigenvalue weighted by Crippen LogP contribution is 2.64. The van der Waals surface area contributed by atoms with E-state index in [0.29, 0.717) is 37.3 Å². The van der Waals surface area contributed by atoms with Crippen molar-refractivity contribution in [1.29, 1.82) is 5.26 Å². The van der Waals surface area contributed by atoms with Gasteiger partial charge in [-0.25, -0.2) is 0 Å². The molecule has 6 rings (SSSR count). The van der Waals surface area contributed by atoms with Gasteiger partial charge in [-0.1, -0.05) is 40.7 Å². The summed E-state index contributed by atoms with van der Waals surface area (Å²) in [4.78, 5) is 5.28. The van der Waals surface area contributed by atoms with Gasteiger partial charge in [-0.2, -0.15) is 18.4 Å². The number of halogens is 3. The van der Waals surface area contributed by atoms with Gasteiger partial charge in [0.05, 0.1) is 29.0 Å². The molecule has 44 heavy (non-hydrogen) atoms. The first-order chi connectivity index (χ1) is 20.4. The molecule has 0 amide bonds. The second kappa shape index (κ2) is 10.1. The standard InChI is InChI=1S/C34H43F3N2O4Si/c1-20(2)29-28-27(26-24(39-29)17-31(10-11-31)18-25(26)42-44(6,7)30(3,4)5)32(12-14-41-15-13-32)43-33(28,40)22-8-9-23(34(35,36)37)21(16-22)19-38/h8-9,16,20,25,40H,10-15,17-18H2,1-7H3. The summed E-state index contributed by atoms with van der Waals surface area (Å²) in [7, 11) is -2.26. The number of pyridine rings is 1.